The Morgan fingerprint density at radius 1 is 1.20 bits per heavy atom. The molecule has 1 aromatic heterocycles. The molecule has 2 amide bonds. The lowest BCUT2D eigenvalue weighted by molar-refractivity contribution is -0.132. The van der Waals surface area contributed by atoms with Gasteiger partial charge in [-0.05, 0) is 41.1 Å². The van der Waals surface area contributed by atoms with E-state index in [-0.39, 0.29) is 17.6 Å². The maximum absolute atomic E-state index is 13.0. The van der Waals surface area contributed by atoms with Crippen LogP contribution >= 0.6 is 15.9 Å². The van der Waals surface area contributed by atoms with Crippen LogP contribution in [0.2, 0.25) is 0 Å². The minimum absolute atomic E-state index is 0.0273. The van der Waals surface area contributed by atoms with Gasteiger partial charge in [0.2, 0.25) is 5.91 Å². The molecule has 0 spiro atoms. The summed E-state index contributed by atoms with van der Waals surface area (Å²) in [6.45, 7) is 0. The monoisotopic (exact) mass is 467 g/mol. The third-order valence-electron chi connectivity index (χ3n) is 5.38. The number of hydrogen-bond donors (Lipinski definition) is 1. The number of fused-ring (bicyclic) bond motifs is 1. The van der Waals surface area contributed by atoms with Gasteiger partial charge in [0.25, 0.3) is 5.91 Å². The highest BCUT2D eigenvalue weighted by Gasteiger charge is 2.35. The highest BCUT2D eigenvalue weighted by Crippen LogP contribution is 2.32. The molecule has 1 saturated heterocycles. The zero-order valence-corrected chi connectivity index (χ0v) is 18.1. The second-order valence-corrected chi connectivity index (χ2v) is 8.40. The summed E-state index contributed by atoms with van der Waals surface area (Å²) in [5.74, 6) is 0.707. The van der Waals surface area contributed by atoms with Crippen LogP contribution in [0.25, 0.3) is 0 Å². The lowest BCUT2D eigenvalue weighted by Gasteiger charge is -2.30. The van der Waals surface area contributed by atoms with Crippen molar-refractivity contribution < 1.29 is 14.3 Å². The third-order valence-corrected chi connectivity index (χ3v) is 5.97. The Morgan fingerprint density at radius 3 is 2.80 bits per heavy atom. The Bertz CT molecular complexity index is 1020. The number of nitrogens with zero attached hydrogens (tertiary/aromatic N) is 2. The molecule has 30 heavy (non-hydrogen) atoms. The Balaban J connectivity index is 1.46. The minimum atomic E-state index is -0.590. The molecule has 6 nitrogen and oxygen atoms in total. The molecular formula is C23H22BrN3O3. The van der Waals surface area contributed by atoms with Crippen LogP contribution in [-0.2, 0) is 4.79 Å². The van der Waals surface area contributed by atoms with Gasteiger partial charge in [-0.25, -0.2) is 0 Å². The molecule has 7 heteroatoms. The van der Waals surface area contributed by atoms with E-state index in [1.807, 2.05) is 36.4 Å². The first kappa shape index (κ1) is 20.3. The highest BCUT2D eigenvalue weighted by atomic mass is 79.9. The van der Waals surface area contributed by atoms with Gasteiger partial charge in [0.15, 0.2) is 0 Å². The number of rotatable bonds is 4. The van der Waals surface area contributed by atoms with Gasteiger partial charge in [-0.1, -0.05) is 46.3 Å². The van der Waals surface area contributed by atoms with Crippen molar-refractivity contribution in [1.82, 2.24) is 15.2 Å². The number of allylic oxidation sites excluding steroid dienone is 2. The molecule has 4 rings (SSSR count). The Kier molecular flexibility index (Phi) is 5.99. The number of halogens is 1. The molecule has 1 unspecified atom stereocenters. The first-order valence-corrected chi connectivity index (χ1v) is 10.6. The fourth-order valence-corrected chi connectivity index (χ4v) is 4.19. The first-order valence-electron chi connectivity index (χ1n) is 9.83. The van der Waals surface area contributed by atoms with Gasteiger partial charge in [-0.2, -0.15) is 0 Å². The fraction of sp³-hybridized carbons (Fsp3) is 0.261. The van der Waals surface area contributed by atoms with Crippen LogP contribution in [0.3, 0.4) is 0 Å². The SMILES string of the molecule is CN1C(=O)[C@@H](NC(=O)c2cc(Oc3ccccc3)ccn2)CCC2=CC=C(Br)CC21. The zero-order valence-electron chi connectivity index (χ0n) is 16.5. The van der Waals surface area contributed by atoms with Crippen molar-refractivity contribution in [3.8, 4) is 11.5 Å². The van der Waals surface area contributed by atoms with Gasteiger partial charge in [-0.3, -0.25) is 14.6 Å². The molecular weight excluding hydrogens is 446 g/mol. The van der Waals surface area contributed by atoms with E-state index in [0.29, 0.717) is 17.9 Å². The van der Waals surface area contributed by atoms with E-state index < -0.39 is 11.9 Å². The van der Waals surface area contributed by atoms with Gasteiger partial charge < -0.3 is 15.0 Å². The average molecular weight is 468 g/mol. The summed E-state index contributed by atoms with van der Waals surface area (Å²) < 4.78 is 6.85. The van der Waals surface area contributed by atoms with Crippen molar-refractivity contribution in [1.29, 1.82) is 0 Å². The number of carbonyl (C=O) groups excluding carboxylic acids is 2. The summed E-state index contributed by atoms with van der Waals surface area (Å²) >= 11 is 3.53. The van der Waals surface area contributed by atoms with Gasteiger partial charge in [0.05, 0.1) is 6.04 Å². The van der Waals surface area contributed by atoms with Crippen molar-refractivity contribution in [2.24, 2.45) is 0 Å². The molecule has 1 aliphatic carbocycles. The molecule has 1 N–H and O–H groups in total. The number of likely N-dealkylation sites (N-methyl/N-ethyl adjacent to an activating group) is 1. The number of nitrogens with one attached hydrogen (secondary N) is 1. The molecule has 0 radical (unpaired) electrons. The van der Waals surface area contributed by atoms with E-state index in [1.54, 1.807) is 24.1 Å². The summed E-state index contributed by atoms with van der Waals surface area (Å²) in [6.07, 6.45) is 7.70. The van der Waals surface area contributed by atoms with Crippen LogP contribution in [0.1, 0.15) is 29.8 Å². The van der Waals surface area contributed by atoms with Crippen LogP contribution in [-0.4, -0.2) is 40.8 Å². The lowest BCUT2D eigenvalue weighted by Crippen LogP contribution is -2.48. The quantitative estimate of drug-likeness (QED) is 0.730. The number of ether oxygens (including phenoxy) is 1. The smallest absolute Gasteiger partial charge is 0.270 e. The van der Waals surface area contributed by atoms with Crippen molar-refractivity contribution in [3.05, 3.63) is 76.6 Å². The largest absolute Gasteiger partial charge is 0.457 e. The standard InChI is InChI=1S/C23H22BrN3O3/c1-27-21-13-16(24)9-7-15(21)8-10-19(23(27)29)26-22(28)20-14-18(11-12-25-20)30-17-5-3-2-4-6-17/h2-7,9,11-12,14,19,21H,8,10,13H2,1H3,(H,26,28)/t19-,21?/m0/s1. The molecule has 1 aromatic carbocycles. The minimum Gasteiger partial charge on any atom is -0.457 e. The number of para-hydroxylation sites is 1. The number of pyridine rings is 1. The van der Waals surface area contributed by atoms with Gasteiger partial charge in [0.1, 0.15) is 23.2 Å². The normalized spacial score (nSPS) is 21.1. The van der Waals surface area contributed by atoms with Crippen LogP contribution in [0.4, 0.5) is 0 Å². The van der Waals surface area contributed by atoms with E-state index in [0.717, 1.165) is 17.3 Å². The van der Waals surface area contributed by atoms with Crippen molar-refractivity contribution in [3.63, 3.8) is 0 Å². The van der Waals surface area contributed by atoms with Crippen molar-refractivity contribution >= 4 is 27.7 Å². The number of carbonyl (C=O) groups is 2. The molecule has 2 aliphatic rings. The molecule has 2 aromatic rings. The summed E-state index contributed by atoms with van der Waals surface area (Å²) in [5, 5.41) is 2.86. The van der Waals surface area contributed by atoms with Crippen LogP contribution < -0.4 is 10.1 Å². The molecule has 154 valence electrons. The van der Waals surface area contributed by atoms with E-state index in [4.69, 9.17) is 4.74 Å². The number of amides is 2. The third kappa shape index (κ3) is 4.46. The summed E-state index contributed by atoms with van der Waals surface area (Å²) in [7, 11) is 1.80. The average Bonchev–Trinajstić information content (AvgIpc) is 2.87. The maximum atomic E-state index is 13.0. The van der Waals surface area contributed by atoms with Crippen LogP contribution in [0.15, 0.2) is 70.9 Å². The highest BCUT2D eigenvalue weighted by molar-refractivity contribution is 9.11. The number of benzene rings is 1. The van der Waals surface area contributed by atoms with E-state index >= 15 is 0 Å². The van der Waals surface area contributed by atoms with Crippen molar-refractivity contribution in [2.45, 2.75) is 31.3 Å². The Hall–Kier alpha value is -2.93. The Morgan fingerprint density at radius 2 is 2.00 bits per heavy atom. The van der Waals surface area contributed by atoms with Crippen LogP contribution in [0, 0.1) is 0 Å². The van der Waals surface area contributed by atoms with Gasteiger partial charge >= 0.3 is 0 Å². The fourth-order valence-electron chi connectivity index (χ4n) is 3.75. The second-order valence-electron chi connectivity index (χ2n) is 7.38. The molecule has 2 heterocycles. The van der Waals surface area contributed by atoms with E-state index in [1.165, 1.54) is 11.8 Å². The topological polar surface area (TPSA) is 71.5 Å². The summed E-state index contributed by atoms with van der Waals surface area (Å²) in [5.41, 5.74) is 1.42. The zero-order chi connectivity index (χ0) is 21.1. The predicted molar refractivity (Wildman–Crippen MR) is 118 cm³/mol. The number of likely N-dealkylation sites (tertiary alicyclic amines) is 1. The summed E-state index contributed by atoms with van der Waals surface area (Å²) in [4.78, 5) is 31.7. The molecule has 0 bridgehead atoms. The van der Waals surface area contributed by atoms with Crippen LogP contribution in [0.5, 0.6) is 11.5 Å². The Labute approximate surface area is 183 Å². The predicted octanol–water partition coefficient (Wildman–Crippen LogP) is 4.20. The molecule has 0 saturated carbocycles. The molecule has 1 aliphatic heterocycles. The lowest BCUT2D eigenvalue weighted by atomic mass is 9.95. The van der Waals surface area contributed by atoms with E-state index in [2.05, 4.69) is 32.3 Å². The second kappa shape index (κ2) is 8.83. The summed E-state index contributed by atoms with van der Waals surface area (Å²) in [6, 6.07) is 12.0. The number of aromatic nitrogens is 1. The van der Waals surface area contributed by atoms with Gasteiger partial charge in [0, 0.05) is 25.7 Å². The number of hydrogen-bond acceptors (Lipinski definition) is 4. The molecule has 1 fully saturated rings. The van der Waals surface area contributed by atoms with Crippen molar-refractivity contribution in [2.75, 3.05) is 7.05 Å². The van der Waals surface area contributed by atoms with Gasteiger partial charge in [-0.15, -0.1) is 0 Å². The molecule has 2 atom stereocenters. The van der Waals surface area contributed by atoms with E-state index in [9.17, 15) is 9.59 Å². The first-order chi connectivity index (χ1) is 14.5. The maximum Gasteiger partial charge on any atom is 0.270 e.